The molecule has 1 saturated heterocycles. The average molecular weight is 377 g/mol. The number of pyridine rings is 2. The van der Waals surface area contributed by atoms with E-state index in [1.165, 1.54) is 0 Å². The summed E-state index contributed by atoms with van der Waals surface area (Å²) in [6, 6.07) is 8.03. The van der Waals surface area contributed by atoms with Gasteiger partial charge in [-0.1, -0.05) is 0 Å². The van der Waals surface area contributed by atoms with Gasteiger partial charge in [0.25, 0.3) is 0 Å². The van der Waals surface area contributed by atoms with Crippen molar-refractivity contribution in [1.29, 1.82) is 0 Å². The van der Waals surface area contributed by atoms with Gasteiger partial charge in [-0.3, -0.25) is 9.78 Å². The lowest BCUT2D eigenvalue weighted by Crippen LogP contribution is -2.20. The number of carbonyl (C=O) groups is 1. The van der Waals surface area contributed by atoms with E-state index in [0.29, 0.717) is 5.82 Å². The number of rotatable bonds is 5. The molecule has 3 aromatic rings. The summed E-state index contributed by atoms with van der Waals surface area (Å²) in [4.78, 5) is 16.4. The van der Waals surface area contributed by atoms with E-state index in [2.05, 4.69) is 32.8 Å². The van der Waals surface area contributed by atoms with E-state index < -0.39 is 0 Å². The Balaban J connectivity index is 1.46. The number of nitrogens with zero attached hydrogens (tertiary/aromatic N) is 3. The zero-order valence-corrected chi connectivity index (χ0v) is 15.8. The highest BCUT2D eigenvalue weighted by atomic mass is 16.5. The van der Waals surface area contributed by atoms with E-state index in [4.69, 9.17) is 4.74 Å². The Morgan fingerprint density at radius 3 is 2.96 bits per heavy atom. The number of fused-ring (bicyclic) bond motifs is 1. The Kier molecular flexibility index (Phi) is 4.24. The van der Waals surface area contributed by atoms with Gasteiger partial charge in [-0.15, -0.1) is 0 Å². The van der Waals surface area contributed by atoms with Crippen LogP contribution in [0, 0.1) is 12.8 Å². The van der Waals surface area contributed by atoms with Gasteiger partial charge >= 0.3 is 0 Å². The third kappa shape index (κ3) is 3.45. The molecular formula is C21H23N5O2. The first-order valence-corrected chi connectivity index (χ1v) is 9.80. The Morgan fingerprint density at radius 1 is 1.29 bits per heavy atom. The van der Waals surface area contributed by atoms with Crippen LogP contribution in [0.25, 0.3) is 16.6 Å². The topological polar surface area (TPSA) is 80.5 Å². The largest absolute Gasteiger partial charge is 0.487 e. The fourth-order valence-electron chi connectivity index (χ4n) is 3.57. The second kappa shape index (κ2) is 6.91. The molecule has 1 atom stereocenters. The normalized spacial score (nSPS) is 19.1. The number of amides is 1. The van der Waals surface area contributed by atoms with Crippen molar-refractivity contribution < 1.29 is 9.53 Å². The monoisotopic (exact) mass is 377 g/mol. The second-order valence-corrected chi connectivity index (χ2v) is 7.63. The predicted molar refractivity (Wildman–Crippen MR) is 106 cm³/mol. The number of anilines is 1. The molecule has 0 spiro atoms. The molecule has 0 aromatic carbocycles. The van der Waals surface area contributed by atoms with Gasteiger partial charge in [0.15, 0.2) is 5.82 Å². The maximum atomic E-state index is 12.0. The zero-order valence-electron chi connectivity index (χ0n) is 15.8. The third-order valence-electron chi connectivity index (χ3n) is 5.29. The Morgan fingerprint density at radius 2 is 2.18 bits per heavy atom. The Bertz CT molecular complexity index is 1030. The highest BCUT2D eigenvalue weighted by molar-refractivity contribution is 5.93. The molecule has 0 unspecified atom stereocenters. The van der Waals surface area contributed by atoms with Crippen LogP contribution in [0.1, 0.15) is 25.0 Å². The third-order valence-corrected chi connectivity index (χ3v) is 5.29. The molecule has 7 heteroatoms. The maximum absolute atomic E-state index is 12.0. The second-order valence-electron chi connectivity index (χ2n) is 7.63. The Hall–Kier alpha value is -2.93. The lowest BCUT2D eigenvalue weighted by molar-refractivity contribution is -0.117. The van der Waals surface area contributed by atoms with Crippen molar-refractivity contribution in [1.82, 2.24) is 19.9 Å². The van der Waals surface area contributed by atoms with Crippen molar-refractivity contribution in [2.45, 2.75) is 32.3 Å². The van der Waals surface area contributed by atoms with Crippen LogP contribution in [0.2, 0.25) is 0 Å². The van der Waals surface area contributed by atoms with E-state index in [9.17, 15) is 4.79 Å². The number of nitrogens with one attached hydrogen (secondary N) is 2. The van der Waals surface area contributed by atoms with Gasteiger partial charge in [0, 0.05) is 36.0 Å². The highest BCUT2D eigenvalue weighted by Crippen LogP contribution is 2.33. The summed E-state index contributed by atoms with van der Waals surface area (Å²) in [5.74, 6) is 1.61. The standard InChI is InChI=1S/C21H23N5O2/c1-13-8-18(19(12-23-13)28-17-4-6-22-11-17)15-5-7-26-16(9-15)10-20(25-26)24-21(27)14-2-3-14/h5,7-10,12,14,17,22H,2-4,6,11H2,1H3,(H,24,25,27)/t17-/m0/s1. The first kappa shape index (κ1) is 17.2. The van der Waals surface area contributed by atoms with Crippen LogP contribution in [0.3, 0.4) is 0 Å². The molecule has 1 aliphatic heterocycles. The maximum Gasteiger partial charge on any atom is 0.228 e. The first-order valence-electron chi connectivity index (χ1n) is 9.80. The van der Waals surface area contributed by atoms with Crippen LogP contribution in [0.15, 0.2) is 36.7 Å². The van der Waals surface area contributed by atoms with Gasteiger partial charge in [0.05, 0.1) is 11.7 Å². The first-order chi connectivity index (χ1) is 13.7. The molecule has 1 amide bonds. The van der Waals surface area contributed by atoms with Crippen LogP contribution in [-0.2, 0) is 4.79 Å². The molecule has 2 aliphatic rings. The van der Waals surface area contributed by atoms with Gasteiger partial charge in [0.1, 0.15) is 11.9 Å². The van der Waals surface area contributed by atoms with Gasteiger partial charge < -0.3 is 15.4 Å². The van der Waals surface area contributed by atoms with E-state index in [0.717, 1.165) is 60.4 Å². The molecule has 1 saturated carbocycles. The number of ether oxygens (including phenoxy) is 1. The fraction of sp³-hybridized carbons (Fsp3) is 0.381. The van der Waals surface area contributed by atoms with Crippen molar-refractivity contribution >= 4 is 17.2 Å². The molecule has 4 heterocycles. The summed E-state index contributed by atoms with van der Waals surface area (Å²) < 4.78 is 7.99. The fourth-order valence-corrected chi connectivity index (χ4v) is 3.57. The number of carbonyl (C=O) groups excluding carboxylic acids is 1. The molecule has 2 fully saturated rings. The summed E-state index contributed by atoms with van der Waals surface area (Å²) in [5.41, 5.74) is 3.93. The van der Waals surface area contributed by atoms with Crippen LogP contribution in [-0.4, -0.2) is 39.7 Å². The van der Waals surface area contributed by atoms with E-state index in [-0.39, 0.29) is 17.9 Å². The highest BCUT2D eigenvalue weighted by Gasteiger charge is 2.30. The number of aryl methyl sites for hydroxylation is 1. The number of hydrogen-bond acceptors (Lipinski definition) is 5. The smallest absolute Gasteiger partial charge is 0.228 e. The minimum atomic E-state index is 0.0641. The van der Waals surface area contributed by atoms with Crippen LogP contribution in [0.5, 0.6) is 5.75 Å². The number of aromatic nitrogens is 3. The van der Waals surface area contributed by atoms with E-state index in [1.807, 2.05) is 31.5 Å². The molecule has 0 radical (unpaired) electrons. The molecule has 28 heavy (non-hydrogen) atoms. The van der Waals surface area contributed by atoms with Crippen molar-refractivity contribution in [3.05, 3.63) is 42.4 Å². The molecule has 144 valence electrons. The van der Waals surface area contributed by atoms with Crippen molar-refractivity contribution in [3.63, 3.8) is 0 Å². The van der Waals surface area contributed by atoms with Crippen molar-refractivity contribution in [2.75, 3.05) is 18.4 Å². The van der Waals surface area contributed by atoms with E-state index in [1.54, 1.807) is 4.52 Å². The number of hydrogen-bond donors (Lipinski definition) is 2. The molecule has 7 nitrogen and oxygen atoms in total. The molecule has 2 N–H and O–H groups in total. The lowest BCUT2D eigenvalue weighted by atomic mass is 10.1. The molecule has 0 bridgehead atoms. The summed E-state index contributed by atoms with van der Waals surface area (Å²) in [7, 11) is 0. The Labute approximate surface area is 163 Å². The lowest BCUT2D eigenvalue weighted by Gasteiger charge is -2.16. The molecule has 5 rings (SSSR count). The summed E-state index contributed by atoms with van der Waals surface area (Å²) in [6.07, 6.45) is 6.85. The van der Waals surface area contributed by atoms with Gasteiger partial charge in [-0.2, -0.15) is 5.10 Å². The summed E-state index contributed by atoms with van der Waals surface area (Å²) in [6.45, 7) is 3.82. The predicted octanol–water partition coefficient (Wildman–Crippen LogP) is 2.79. The zero-order chi connectivity index (χ0) is 19.1. The minimum Gasteiger partial charge on any atom is -0.487 e. The molecular weight excluding hydrogens is 354 g/mol. The SMILES string of the molecule is Cc1cc(-c2ccn3nc(NC(=O)C4CC4)cc3c2)c(O[C@H]2CCNC2)cn1. The van der Waals surface area contributed by atoms with Crippen molar-refractivity contribution in [2.24, 2.45) is 5.92 Å². The molecule has 3 aromatic heterocycles. The van der Waals surface area contributed by atoms with E-state index >= 15 is 0 Å². The average Bonchev–Trinajstić information content (AvgIpc) is 3.28. The molecule has 1 aliphatic carbocycles. The van der Waals surface area contributed by atoms with Crippen molar-refractivity contribution in [3.8, 4) is 16.9 Å². The summed E-state index contributed by atoms with van der Waals surface area (Å²) in [5, 5.41) is 10.7. The minimum absolute atomic E-state index is 0.0641. The quantitative estimate of drug-likeness (QED) is 0.715. The van der Waals surface area contributed by atoms with Gasteiger partial charge in [-0.25, -0.2) is 4.52 Å². The van der Waals surface area contributed by atoms with Gasteiger partial charge in [0.2, 0.25) is 5.91 Å². The van der Waals surface area contributed by atoms with Gasteiger partial charge in [-0.05, 0) is 56.5 Å². The summed E-state index contributed by atoms with van der Waals surface area (Å²) >= 11 is 0. The van der Waals surface area contributed by atoms with Crippen LogP contribution >= 0.6 is 0 Å². The van der Waals surface area contributed by atoms with Crippen LogP contribution < -0.4 is 15.4 Å². The van der Waals surface area contributed by atoms with Crippen LogP contribution in [0.4, 0.5) is 5.82 Å².